The highest BCUT2D eigenvalue weighted by atomic mass is 28.4. The second-order valence-corrected chi connectivity index (χ2v) is 5.97. The third kappa shape index (κ3) is 4.71. The summed E-state index contributed by atoms with van der Waals surface area (Å²) in [6.45, 7) is 2.12. The van der Waals surface area contributed by atoms with Crippen LogP contribution in [0.3, 0.4) is 0 Å². The van der Waals surface area contributed by atoms with Crippen LogP contribution in [-0.4, -0.2) is 42.6 Å². The summed E-state index contributed by atoms with van der Waals surface area (Å²) in [6, 6.07) is 0.705. The van der Waals surface area contributed by atoms with Crippen molar-refractivity contribution in [2.75, 3.05) is 27.9 Å². The molecule has 0 aromatic rings. The maximum atomic E-state index is 10.6. The van der Waals surface area contributed by atoms with Crippen molar-refractivity contribution in [2.45, 2.75) is 19.4 Å². The summed E-state index contributed by atoms with van der Waals surface area (Å²) in [6.07, 6.45) is 0.793. The Kier molecular flexibility index (Phi) is 6.72. The fourth-order valence-electron chi connectivity index (χ4n) is 1.13. The molecule has 0 unspecified atom stereocenters. The number of carbonyl (C=O) groups is 1. The molecule has 0 rings (SSSR count). The van der Waals surface area contributed by atoms with Crippen molar-refractivity contribution in [2.24, 2.45) is 0 Å². The molecule has 0 aliphatic rings. The van der Waals surface area contributed by atoms with Crippen LogP contribution in [0, 0.1) is 0 Å². The molecule has 0 aromatic carbocycles. The van der Waals surface area contributed by atoms with Crippen LogP contribution in [0.4, 0.5) is 0 Å². The molecule has 14 heavy (non-hydrogen) atoms. The van der Waals surface area contributed by atoms with Gasteiger partial charge in [-0.25, -0.2) is 0 Å². The normalized spacial score (nSPS) is 11.4. The maximum absolute atomic E-state index is 10.6. The van der Waals surface area contributed by atoms with E-state index in [9.17, 15) is 4.79 Å². The summed E-state index contributed by atoms with van der Waals surface area (Å²) in [7, 11) is 2.30. The van der Waals surface area contributed by atoms with Crippen LogP contribution in [0.25, 0.3) is 0 Å². The van der Waals surface area contributed by atoms with Crippen molar-refractivity contribution in [3.8, 4) is 0 Å². The standard InChI is InChI=1S/C8H19NO4Si/c1-8(10)9-6-5-7-14(11-2,12-3)13-4/h5-7H2,1-4H3,(H,9,10). The predicted molar refractivity (Wildman–Crippen MR) is 54.9 cm³/mol. The van der Waals surface area contributed by atoms with Crippen molar-refractivity contribution in [1.82, 2.24) is 5.32 Å². The fraction of sp³-hybridized carbons (Fsp3) is 0.875. The average molecular weight is 221 g/mol. The lowest BCUT2D eigenvalue weighted by Crippen LogP contribution is -2.43. The van der Waals surface area contributed by atoms with E-state index in [1.54, 1.807) is 21.3 Å². The summed E-state index contributed by atoms with van der Waals surface area (Å²) in [5.74, 6) is -0.0236. The van der Waals surface area contributed by atoms with Crippen molar-refractivity contribution < 1.29 is 18.1 Å². The molecule has 0 radical (unpaired) electrons. The SMILES string of the molecule is CO[Si](CCCNC(C)=O)(OC)OC. The zero-order valence-corrected chi connectivity index (χ0v) is 10.3. The Morgan fingerprint density at radius 2 is 1.71 bits per heavy atom. The van der Waals surface area contributed by atoms with Gasteiger partial charge < -0.3 is 18.6 Å². The fourth-order valence-corrected chi connectivity index (χ4v) is 2.85. The van der Waals surface area contributed by atoms with Crippen LogP contribution in [0.5, 0.6) is 0 Å². The van der Waals surface area contributed by atoms with Crippen LogP contribution in [0.15, 0.2) is 0 Å². The Morgan fingerprint density at radius 3 is 2.07 bits per heavy atom. The van der Waals surface area contributed by atoms with E-state index in [-0.39, 0.29) is 5.91 Å². The molecule has 0 heterocycles. The molecule has 0 saturated carbocycles. The van der Waals surface area contributed by atoms with Crippen LogP contribution < -0.4 is 5.32 Å². The second kappa shape index (κ2) is 6.94. The van der Waals surface area contributed by atoms with Crippen molar-refractivity contribution >= 4 is 14.7 Å². The first-order valence-electron chi connectivity index (χ1n) is 4.50. The van der Waals surface area contributed by atoms with Gasteiger partial charge >= 0.3 is 8.80 Å². The van der Waals surface area contributed by atoms with Crippen LogP contribution in [0.1, 0.15) is 13.3 Å². The third-order valence-electron chi connectivity index (χ3n) is 1.97. The van der Waals surface area contributed by atoms with Gasteiger partial charge in [-0.05, 0) is 6.42 Å². The van der Waals surface area contributed by atoms with Crippen molar-refractivity contribution in [3.05, 3.63) is 0 Å². The van der Waals surface area contributed by atoms with Crippen molar-refractivity contribution in [3.63, 3.8) is 0 Å². The number of amides is 1. The molecule has 0 aliphatic heterocycles. The van der Waals surface area contributed by atoms with Gasteiger partial charge in [0.15, 0.2) is 0 Å². The van der Waals surface area contributed by atoms with E-state index in [2.05, 4.69) is 5.32 Å². The van der Waals surface area contributed by atoms with Gasteiger partial charge in [0.1, 0.15) is 0 Å². The predicted octanol–water partition coefficient (Wildman–Crippen LogP) is 0.391. The van der Waals surface area contributed by atoms with Gasteiger partial charge in [0.05, 0.1) is 0 Å². The Hall–Kier alpha value is -0.433. The number of hydrogen-bond donors (Lipinski definition) is 1. The van der Waals surface area contributed by atoms with E-state index in [1.807, 2.05) is 0 Å². The lowest BCUT2D eigenvalue weighted by molar-refractivity contribution is -0.118. The summed E-state index contributed by atoms with van der Waals surface area (Å²) in [5, 5.41) is 2.71. The highest BCUT2D eigenvalue weighted by Gasteiger charge is 2.36. The molecule has 1 N–H and O–H groups in total. The topological polar surface area (TPSA) is 56.8 Å². The third-order valence-corrected chi connectivity index (χ3v) is 4.80. The molecule has 6 heteroatoms. The van der Waals surface area contributed by atoms with Gasteiger partial charge in [-0.1, -0.05) is 0 Å². The zero-order valence-electron chi connectivity index (χ0n) is 9.25. The number of hydrogen-bond acceptors (Lipinski definition) is 4. The first kappa shape index (κ1) is 13.6. The van der Waals surface area contributed by atoms with Gasteiger partial charge in [0, 0.05) is 40.8 Å². The minimum absolute atomic E-state index is 0.0236. The molecule has 0 fully saturated rings. The monoisotopic (exact) mass is 221 g/mol. The Bertz CT molecular complexity index is 164. The molecule has 0 atom stereocenters. The van der Waals surface area contributed by atoms with Gasteiger partial charge in [-0.3, -0.25) is 4.79 Å². The molecular formula is C8H19NO4Si. The quantitative estimate of drug-likeness (QED) is 0.499. The van der Waals surface area contributed by atoms with Gasteiger partial charge in [-0.15, -0.1) is 0 Å². The maximum Gasteiger partial charge on any atom is 0.500 e. The van der Waals surface area contributed by atoms with E-state index in [0.29, 0.717) is 12.6 Å². The highest BCUT2D eigenvalue weighted by molar-refractivity contribution is 6.60. The summed E-state index contributed by atoms with van der Waals surface area (Å²) < 4.78 is 15.7. The highest BCUT2D eigenvalue weighted by Crippen LogP contribution is 2.14. The molecule has 0 saturated heterocycles. The smallest absolute Gasteiger partial charge is 0.377 e. The molecule has 84 valence electrons. The van der Waals surface area contributed by atoms with E-state index in [0.717, 1.165) is 6.42 Å². The number of nitrogens with one attached hydrogen (secondary N) is 1. The lowest BCUT2D eigenvalue weighted by atomic mass is 10.5. The minimum Gasteiger partial charge on any atom is -0.377 e. The number of carbonyl (C=O) groups excluding carboxylic acids is 1. The molecule has 5 nitrogen and oxygen atoms in total. The van der Waals surface area contributed by atoms with Gasteiger partial charge in [0.2, 0.25) is 5.91 Å². The summed E-state index contributed by atoms with van der Waals surface area (Å²) in [5.41, 5.74) is 0. The average Bonchev–Trinajstić information content (AvgIpc) is 2.19. The Morgan fingerprint density at radius 1 is 1.21 bits per heavy atom. The Labute approximate surface area is 86.1 Å². The molecule has 1 amide bonds. The van der Waals surface area contributed by atoms with Gasteiger partial charge in [-0.2, -0.15) is 0 Å². The first-order valence-corrected chi connectivity index (χ1v) is 6.43. The Balaban J connectivity index is 3.77. The molecule has 0 aliphatic carbocycles. The van der Waals surface area contributed by atoms with Gasteiger partial charge in [0.25, 0.3) is 0 Å². The molecule has 0 spiro atoms. The summed E-state index contributed by atoms with van der Waals surface area (Å²) in [4.78, 5) is 10.6. The van der Waals surface area contributed by atoms with Crippen LogP contribution in [-0.2, 0) is 18.1 Å². The first-order chi connectivity index (χ1) is 6.60. The van der Waals surface area contributed by atoms with Crippen molar-refractivity contribution in [1.29, 1.82) is 0 Å². The van der Waals surface area contributed by atoms with E-state index in [1.165, 1.54) is 6.92 Å². The molecule has 0 bridgehead atoms. The number of rotatable bonds is 7. The lowest BCUT2D eigenvalue weighted by Gasteiger charge is -2.24. The molecular weight excluding hydrogens is 202 g/mol. The van der Waals surface area contributed by atoms with E-state index >= 15 is 0 Å². The summed E-state index contributed by atoms with van der Waals surface area (Å²) >= 11 is 0. The molecule has 0 aromatic heterocycles. The van der Waals surface area contributed by atoms with Crippen LogP contribution >= 0.6 is 0 Å². The van der Waals surface area contributed by atoms with Crippen LogP contribution in [0.2, 0.25) is 6.04 Å². The van der Waals surface area contributed by atoms with E-state index in [4.69, 9.17) is 13.3 Å². The largest absolute Gasteiger partial charge is 0.500 e. The minimum atomic E-state index is -2.44. The van der Waals surface area contributed by atoms with E-state index < -0.39 is 8.80 Å². The second-order valence-electron chi connectivity index (χ2n) is 2.88. The zero-order chi connectivity index (χ0) is 11.0.